The fraction of sp³-hybridized carbons (Fsp3) is 0.0185. The third-order valence-electron chi connectivity index (χ3n) is 23.2. The number of hydrogen-bond donors (Lipinski definition) is 0. The summed E-state index contributed by atoms with van der Waals surface area (Å²) in [4.78, 5) is 4.86. The fourth-order valence-corrected chi connectivity index (χ4v) is 17.5. The van der Waals surface area contributed by atoms with Gasteiger partial charge in [0, 0.05) is 66.9 Å². The predicted molar refractivity (Wildman–Crippen MR) is 472 cm³/mol. The van der Waals surface area contributed by atoms with E-state index in [-0.39, 0.29) is 12.0 Å². The van der Waals surface area contributed by atoms with E-state index < -0.39 is 0 Å². The van der Waals surface area contributed by atoms with Crippen molar-refractivity contribution in [3.05, 3.63) is 424 Å². The van der Waals surface area contributed by atoms with Crippen LogP contribution in [0.25, 0.3) is 160 Å². The van der Waals surface area contributed by atoms with Gasteiger partial charge in [-0.15, -0.1) is 0 Å². The van der Waals surface area contributed by atoms with Crippen molar-refractivity contribution in [3.63, 3.8) is 0 Å². The first-order chi connectivity index (χ1) is 55.9. The number of allylic oxidation sites excluding steroid dienone is 2. The molecule has 2 aliphatic rings. The molecular formula is C108H70N2O3. The van der Waals surface area contributed by atoms with Gasteiger partial charge in [0.2, 0.25) is 0 Å². The molecule has 3 heterocycles. The van der Waals surface area contributed by atoms with Gasteiger partial charge < -0.3 is 23.4 Å². The summed E-state index contributed by atoms with van der Waals surface area (Å²) in [5.74, 6) is 0.794. The summed E-state index contributed by atoms with van der Waals surface area (Å²) in [7, 11) is 0. The van der Waals surface area contributed by atoms with Crippen LogP contribution in [0.5, 0.6) is 5.75 Å². The topological polar surface area (TPSA) is 42.0 Å². The van der Waals surface area contributed by atoms with Crippen molar-refractivity contribution in [1.82, 2.24) is 0 Å². The van der Waals surface area contributed by atoms with Crippen LogP contribution < -0.4 is 14.5 Å². The highest BCUT2D eigenvalue weighted by atomic mass is 16.5. The molecule has 530 valence electrons. The molecule has 2 aromatic heterocycles. The van der Waals surface area contributed by atoms with Gasteiger partial charge in [0.05, 0.1) is 11.4 Å². The maximum Gasteiger partial charge on any atom is 0.135 e. The van der Waals surface area contributed by atoms with Gasteiger partial charge in [0.15, 0.2) is 0 Å². The Kier molecular flexibility index (Phi) is 15.7. The van der Waals surface area contributed by atoms with Crippen molar-refractivity contribution in [3.8, 4) is 83.6 Å². The molecule has 2 atom stereocenters. The molecule has 0 radical (unpaired) electrons. The van der Waals surface area contributed by atoms with E-state index in [1.807, 2.05) is 18.2 Å². The summed E-state index contributed by atoms with van der Waals surface area (Å²) >= 11 is 0. The lowest BCUT2D eigenvalue weighted by Gasteiger charge is -2.29. The van der Waals surface area contributed by atoms with Crippen molar-refractivity contribution >= 4 is 116 Å². The molecular weight excluding hydrogens is 1370 g/mol. The molecule has 20 aromatic rings. The maximum atomic E-state index is 7.00. The smallest absolute Gasteiger partial charge is 0.135 e. The molecule has 1 aliphatic heterocycles. The Bertz CT molecular complexity index is 7240. The van der Waals surface area contributed by atoms with Crippen LogP contribution in [0.2, 0.25) is 0 Å². The number of hydrogen-bond acceptors (Lipinski definition) is 5. The molecule has 18 aromatic carbocycles. The van der Waals surface area contributed by atoms with Crippen LogP contribution in [0.15, 0.2) is 421 Å². The Morgan fingerprint density at radius 3 is 1.34 bits per heavy atom. The zero-order valence-corrected chi connectivity index (χ0v) is 61.5. The summed E-state index contributed by atoms with van der Waals surface area (Å²) in [6.07, 6.45) is 6.79. The van der Waals surface area contributed by atoms with E-state index in [9.17, 15) is 0 Å². The van der Waals surface area contributed by atoms with Gasteiger partial charge in [-0.05, 0) is 244 Å². The number of anilines is 6. The number of benzene rings is 18. The molecule has 22 rings (SSSR count). The van der Waals surface area contributed by atoms with E-state index in [1.165, 1.54) is 54.6 Å². The Labute approximate surface area is 654 Å². The van der Waals surface area contributed by atoms with Gasteiger partial charge in [-0.25, -0.2) is 0 Å². The van der Waals surface area contributed by atoms with Crippen LogP contribution >= 0.6 is 0 Å². The maximum absolute atomic E-state index is 7.00. The number of rotatable bonds is 14. The minimum atomic E-state index is -0.205. The van der Waals surface area contributed by atoms with Gasteiger partial charge in [-0.3, -0.25) is 0 Å². The molecule has 113 heavy (non-hydrogen) atoms. The van der Waals surface area contributed by atoms with Gasteiger partial charge in [-0.1, -0.05) is 279 Å². The molecule has 0 saturated carbocycles. The van der Waals surface area contributed by atoms with Gasteiger partial charge >= 0.3 is 0 Å². The predicted octanol–water partition coefficient (Wildman–Crippen LogP) is 30.1. The average Bonchev–Trinajstić information content (AvgIpc) is 1.73. The monoisotopic (exact) mass is 1440 g/mol. The highest BCUT2D eigenvalue weighted by molar-refractivity contribution is 6.09. The van der Waals surface area contributed by atoms with Crippen LogP contribution in [0.3, 0.4) is 0 Å². The van der Waals surface area contributed by atoms with Crippen LogP contribution in [0.1, 0.15) is 17.0 Å². The average molecular weight is 1440 g/mol. The first kappa shape index (κ1) is 65.3. The highest BCUT2D eigenvalue weighted by Crippen LogP contribution is 2.51. The number of fused-ring (bicyclic) bond motifs is 12. The Morgan fingerprint density at radius 1 is 0.230 bits per heavy atom. The summed E-state index contributed by atoms with van der Waals surface area (Å²) in [5, 5.41) is 11.6. The number of para-hydroxylation sites is 4. The molecule has 5 heteroatoms. The van der Waals surface area contributed by atoms with Crippen molar-refractivity contribution in [2.24, 2.45) is 0 Å². The first-order valence-electron chi connectivity index (χ1n) is 38.8. The Balaban J connectivity index is 0.655. The third kappa shape index (κ3) is 11.7. The standard InChI is InChI=1S/C108H70N2O3/c1-3-20-76-60-80(41-37-69(76)17-1)79-24-15-23-78(59-79)73-45-52-88(53-46-73)109(87-50-43-72(44-51-87)71-35-39-75(40-36-71)92-30-16-22-74-19-5-6-25-91(74)92)101-31-11-7-26-93(101)84-49-57-107-99(67-84)98-65-82(47-55-106(98)113-107)86-62-85(81-42-38-70-18-2-4-21-77(70)61-81)63-90(64-86)110(89-54-58-108-100(68-89)96-29-10-14-34-104(96)112-108)102-32-12-8-27-94(102)83-48-56-105-97(66-83)95-28-9-13-33-103(95)111-105/h1-68,98,106H. The van der Waals surface area contributed by atoms with Crippen LogP contribution in [-0.2, 0) is 0 Å². The highest BCUT2D eigenvalue weighted by Gasteiger charge is 2.35. The molecule has 0 bridgehead atoms. The second kappa shape index (κ2) is 27.1. The summed E-state index contributed by atoms with van der Waals surface area (Å²) in [6, 6.07) is 144. The van der Waals surface area contributed by atoms with Crippen LogP contribution in [-0.4, -0.2) is 6.10 Å². The van der Waals surface area contributed by atoms with Crippen molar-refractivity contribution in [2.75, 3.05) is 9.80 Å². The van der Waals surface area contributed by atoms with Crippen molar-refractivity contribution in [2.45, 2.75) is 12.0 Å². The second-order valence-electron chi connectivity index (χ2n) is 29.8. The Hall–Kier alpha value is -14.8. The molecule has 5 nitrogen and oxygen atoms in total. The van der Waals surface area contributed by atoms with E-state index in [1.54, 1.807) is 0 Å². The summed E-state index contributed by atoms with van der Waals surface area (Å²) in [5.41, 5.74) is 28.9. The minimum absolute atomic E-state index is 0.0931. The fourth-order valence-electron chi connectivity index (χ4n) is 17.5. The second-order valence-corrected chi connectivity index (χ2v) is 29.8. The van der Waals surface area contributed by atoms with Crippen molar-refractivity contribution in [1.29, 1.82) is 0 Å². The quantitative estimate of drug-likeness (QED) is 0.109. The lowest BCUT2D eigenvalue weighted by molar-refractivity contribution is 0.269. The first-order valence-corrected chi connectivity index (χ1v) is 38.8. The van der Waals surface area contributed by atoms with E-state index in [0.717, 1.165) is 156 Å². The zero-order chi connectivity index (χ0) is 74.5. The minimum Gasteiger partial charge on any atom is -0.485 e. The number of furan rings is 2. The van der Waals surface area contributed by atoms with E-state index in [0.29, 0.717) is 0 Å². The van der Waals surface area contributed by atoms with Crippen molar-refractivity contribution < 1.29 is 13.6 Å². The SMILES string of the molecule is C1=CC2Oc3ccc(-c4ccccc4N(c4ccc(-c5ccc(-c6cccc7ccccc67)cc5)cc4)c4ccc(-c5cccc(-c6ccc7ccccc7c6)c5)cc4)cc3C2C=C1c1cc(-c2ccc3ccccc3c2)cc(N(c2ccc3oc4ccccc4c3c2)c2ccccc2-c2ccc3oc4ccccc4c3c2)c1. The lowest BCUT2D eigenvalue weighted by Crippen LogP contribution is -2.17. The van der Waals surface area contributed by atoms with E-state index in [4.69, 9.17) is 13.6 Å². The van der Waals surface area contributed by atoms with Crippen LogP contribution in [0, 0.1) is 0 Å². The number of nitrogens with zero attached hydrogens (tertiary/aromatic N) is 2. The summed E-state index contributed by atoms with van der Waals surface area (Å²) in [6.45, 7) is 0. The molecule has 0 spiro atoms. The van der Waals surface area contributed by atoms with Crippen LogP contribution in [0.4, 0.5) is 34.1 Å². The lowest BCUT2D eigenvalue weighted by atomic mass is 9.85. The molecule has 1 aliphatic carbocycles. The normalized spacial score (nSPS) is 13.8. The number of ether oxygens (including phenoxy) is 1. The largest absolute Gasteiger partial charge is 0.485 e. The Morgan fingerprint density at radius 2 is 0.664 bits per heavy atom. The molecule has 0 fully saturated rings. The molecule has 0 N–H and O–H groups in total. The zero-order valence-electron chi connectivity index (χ0n) is 61.5. The summed E-state index contributed by atoms with van der Waals surface area (Å²) < 4.78 is 20.0. The molecule has 0 saturated heterocycles. The van der Waals surface area contributed by atoms with E-state index >= 15 is 0 Å². The van der Waals surface area contributed by atoms with Gasteiger partial charge in [0.25, 0.3) is 0 Å². The molecule has 2 unspecified atom stereocenters. The van der Waals surface area contributed by atoms with Gasteiger partial charge in [0.1, 0.15) is 34.2 Å². The van der Waals surface area contributed by atoms with E-state index in [2.05, 4.69) is 404 Å². The molecule has 0 amide bonds. The third-order valence-corrected chi connectivity index (χ3v) is 23.2. The van der Waals surface area contributed by atoms with Gasteiger partial charge in [-0.2, -0.15) is 0 Å².